The van der Waals surface area contributed by atoms with Gasteiger partial charge >= 0.3 is 23.9 Å². The van der Waals surface area contributed by atoms with Gasteiger partial charge in [0.25, 0.3) is 0 Å². The van der Waals surface area contributed by atoms with E-state index in [1.54, 1.807) is 121 Å². The summed E-state index contributed by atoms with van der Waals surface area (Å²) in [6, 6.07) is 48.2. The van der Waals surface area contributed by atoms with Crippen LogP contribution in [0.25, 0.3) is 0 Å². The Kier molecular flexibility index (Phi) is 19.3. The molecule has 6 aromatic carbocycles. The molecule has 0 spiro atoms. The maximum atomic E-state index is 13.3. The topological polar surface area (TPSA) is 180 Å². The van der Waals surface area contributed by atoms with E-state index in [-0.39, 0.29) is 47.6 Å². The third-order valence-corrected chi connectivity index (χ3v) is 11.2. The first-order chi connectivity index (χ1) is 32.6. The molecule has 12 nitrogen and oxygen atoms in total. The molecule has 14 heteroatoms. The average molecular weight is 962 g/mol. The third-order valence-electron chi connectivity index (χ3n) is 10.5. The van der Waals surface area contributed by atoms with E-state index in [9.17, 15) is 39.0 Å². The van der Waals surface area contributed by atoms with Crippen LogP contribution in [0, 0.1) is 0 Å². The molecule has 0 saturated heterocycles. The average Bonchev–Trinajstić information content (AvgIpc) is 3.33. The molecule has 6 rings (SSSR count). The number of ether oxygens (including phenoxy) is 4. The highest BCUT2D eigenvalue weighted by atomic mass is 35.5. The first-order valence-corrected chi connectivity index (χ1v) is 22.1. The number of Topliss-reactive ketones (excluding diaryl/α,β-unsaturated/α-hetero) is 2. The highest BCUT2D eigenvalue weighted by Crippen LogP contribution is 2.40. The number of aliphatic hydroxyl groups is 2. The van der Waals surface area contributed by atoms with Gasteiger partial charge in [0.2, 0.25) is 0 Å². The molecule has 4 atom stereocenters. The SMILES string of the molecule is CC(=O)C[C@](O)(C(=O)OCc1ccccc1)[C@H](C(=O)OCc1ccccc1)c1ccccc1Cl.CC(=O)C[C@](O)(C(=O)OCc1ccccc1)[C@H](C(=O)OCc1ccccc1)c1ccccc1Cl. The normalized spacial score (nSPS) is 13.4. The van der Waals surface area contributed by atoms with E-state index >= 15 is 0 Å². The summed E-state index contributed by atoms with van der Waals surface area (Å²) >= 11 is 12.7. The molecule has 6 aromatic rings. The summed E-state index contributed by atoms with van der Waals surface area (Å²) in [5, 5.41) is 23.4. The molecule has 2 N–H and O–H groups in total. The lowest BCUT2D eigenvalue weighted by atomic mass is 9.78. The Balaban J connectivity index is 0.000000254. The highest BCUT2D eigenvalue weighted by Gasteiger charge is 2.53. The number of ketones is 2. The minimum absolute atomic E-state index is 0.0875. The van der Waals surface area contributed by atoms with Crippen LogP contribution in [0.4, 0.5) is 0 Å². The molecule has 0 saturated carbocycles. The molecule has 0 aliphatic carbocycles. The van der Waals surface area contributed by atoms with E-state index in [0.29, 0.717) is 11.1 Å². The first kappa shape index (κ1) is 52.0. The summed E-state index contributed by atoms with van der Waals surface area (Å²) in [5.41, 5.74) is -1.95. The fourth-order valence-electron chi connectivity index (χ4n) is 7.24. The van der Waals surface area contributed by atoms with Gasteiger partial charge in [0.15, 0.2) is 11.2 Å². The van der Waals surface area contributed by atoms with Crippen LogP contribution in [0.1, 0.15) is 71.9 Å². The van der Waals surface area contributed by atoms with Crippen LogP contribution in [0.5, 0.6) is 0 Å². The van der Waals surface area contributed by atoms with Crippen LogP contribution < -0.4 is 0 Å². The molecule has 0 radical (unpaired) electrons. The van der Waals surface area contributed by atoms with Crippen molar-refractivity contribution in [2.75, 3.05) is 0 Å². The Hall–Kier alpha value is -6.96. The Morgan fingerprint density at radius 3 is 0.926 bits per heavy atom. The van der Waals surface area contributed by atoms with Gasteiger partial charge in [-0.2, -0.15) is 0 Å². The Morgan fingerprint density at radius 1 is 0.412 bits per heavy atom. The summed E-state index contributed by atoms with van der Waals surface area (Å²) in [6.45, 7) is 1.97. The van der Waals surface area contributed by atoms with Crippen LogP contribution in [0.2, 0.25) is 10.0 Å². The Labute approximate surface area is 404 Å². The van der Waals surface area contributed by atoms with E-state index in [0.717, 1.165) is 11.1 Å². The number of carbonyl (C=O) groups is 6. The molecule has 0 unspecified atom stereocenters. The minimum Gasteiger partial charge on any atom is -0.460 e. The van der Waals surface area contributed by atoms with Crippen LogP contribution in [-0.4, -0.2) is 56.9 Å². The summed E-state index contributed by atoms with van der Waals surface area (Å²) in [4.78, 5) is 77.3. The molecule has 0 aliphatic rings. The largest absolute Gasteiger partial charge is 0.460 e. The standard InChI is InChI=1S/2C27H25ClO6/c2*1-19(29)16-27(32,26(31)34-18-21-12-6-3-7-13-21)24(22-14-8-9-15-23(22)28)25(30)33-17-20-10-4-2-5-11-20/h2*2-15,24,32H,16-18H2,1H3/t2*24-,27+/m00/s1. The van der Waals surface area contributed by atoms with Crippen molar-refractivity contribution in [3.05, 3.63) is 213 Å². The van der Waals surface area contributed by atoms with Crippen molar-refractivity contribution in [3.8, 4) is 0 Å². The van der Waals surface area contributed by atoms with Gasteiger partial charge in [-0.15, -0.1) is 0 Å². The Morgan fingerprint density at radius 2 is 0.662 bits per heavy atom. The van der Waals surface area contributed by atoms with Crippen molar-refractivity contribution in [2.24, 2.45) is 0 Å². The van der Waals surface area contributed by atoms with Crippen LogP contribution in [-0.2, 0) is 74.1 Å². The van der Waals surface area contributed by atoms with Crippen molar-refractivity contribution < 1.29 is 57.9 Å². The molecule has 352 valence electrons. The zero-order valence-electron chi connectivity index (χ0n) is 37.3. The monoisotopic (exact) mass is 960 g/mol. The van der Waals surface area contributed by atoms with Crippen LogP contribution >= 0.6 is 23.2 Å². The second-order valence-electron chi connectivity index (χ2n) is 15.8. The molecule has 0 fully saturated rings. The molecule has 0 aliphatic heterocycles. The lowest BCUT2D eigenvalue weighted by Gasteiger charge is -2.32. The van der Waals surface area contributed by atoms with E-state index in [1.807, 2.05) is 24.3 Å². The third kappa shape index (κ3) is 14.5. The van der Waals surface area contributed by atoms with Gasteiger partial charge in [-0.1, -0.05) is 181 Å². The van der Waals surface area contributed by atoms with E-state index < -0.39 is 71.3 Å². The van der Waals surface area contributed by atoms with Crippen LogP contribution in [0.3, 0.4) is 0 Å². The van der Waals surface area contributed by atoms with Crippen LogP contribution in [0.15, 0.2) is 170 Å². The molecule has 0 bridgehead atoms. The number of rotatable bonds is 20. The van der Waals surface area contributed by atoms with E-state index in [1.165, 1.54) is 38.1 Å². The van der Waals surface area contributed by atoms with Gasteiger partial charge < -0.3 is 29.2 Å². The number of esters is 4. The summed E-state index contributed by atoms with van der Waals surface area (Å²) in [6.07, 6.45) is -1.31. The second kappa shape index (κ2) is 25.3. The van der Waals surface area contributed by atoms with Crippen molar-refractivity contribution in [1.82, 2.24) is 0 Å². The van der Waals surface area contributed by atoms with E-state index in [2.05, 4.69) is 0 Å². The van der Waals surface area contributed by atoms with Crippen molar-refractivity contribution in [1.29, 1.82) is 0 Å². The molecule has 68 heavy (non-hydrogen) atoms. The number of hydrogen-bond acceptors (Lipinski definition) is 12. The predicted octanol–water partition coefficient (Wildman–Crippen LogP) is 9.24. The number of benzene rings is 6. The number of carbonyl (C=O) groups excluding carboxylic acids is 6. The number of halogens is 2. The summed E-state index contributed by atoms with van der Waals surface area (Å²) < 4.78 is 21.6. The minimum atomic E-state index is -2.53. The van der Waals surface area contributed by atoms with Gasteiger partial charge in [0.1, 0.15) is 49.8 Å². The fraction of sp³-hybridized carbons (Fsp3) is 0.222. The van der Waals surface area contributed by atoms with Gasteiger partial charge in [0.05, 0.1) is 0 Å². The van der Waals surface area contributed by atoms with Gasteiger partial charge in [-0.05, 0) is 59.4 Å². The quantitative estimate of drug-likeness (QED) is 0.0548. The molecule has 0 heterocycles. The molecule has 0 aromatic heterocycles. The van der Waals surface area contributed by atoms with Crippen molar-refractivity contribution >= 4 is 58.6 Å². The summed E-state index contributed by atoms with van der Waals surface area (Å²) in [7, 11) is 0. The fourth-order valence-corrected chi connectivity index (χ4v) is 7.73. The van der Waals surface area contributed by atoms with E-state index in [4.69, 9.17) is 42.1 Å². The molecule has 0 amide bonds. The highest BCUT2D eigenvalue weighted by molar-refractivity contribution is 6.32. The van der Waals surface area contributed by atoms with Gasteiger partial charge in [-0.25, -0.2) is 9.59 Å². The lowest BCUT2D eigenvalue weighted by molar-refractivity contribution is -0.179. The zero-order chi connectivity index (χ0) is 49.1. The van der Waals surface area contributed by atoms with Gasteiger partial charge in [-0.3, -0.25) is 19.2 Å². The molecular weight excluding hydrogens is 911 g/mol. The maximum absolute atomic E-state index is 13.3. The summed E-state index contributed by atoms with van der Waals surface area (Å²) in [5.74, 6) is -8.23. The number of hydrogen-bond donors (Lipinski definition) is 2. The lowest BCUT2D eigenvalue weighted by Crippen LogP contribution is -2.50. The van der Waals surface area contributed by atoms with Gasteiger partial charge in [0, 0.05) is 22.9 Å². The van der Waals surface area contributed by atoms with Crippen molar-refractivity contribution in [3.63, 3.8) is 0 Å². The predicted molar refractivity (Wildman–Crippen MR) is 254 cm³/mol. The Bertz CT molecular complexity index is 2450. The zero-order valence-corrected chi connectivity index (χ0v) is 38.8. The molecular formula is C54H50Cl2O12. The van der Waals surface area contributed by atoms with Crippen molar-refractivity contribution in [2.45, 2.75) is 76.2 Å². The smallest absolute Gasteiger partial charge is 0.340 e. The maximum Gasteiger partial charge on any atom is 0.340 e. The first-order valence-electron chi connectivity index (χ1n) is 21.4. The second-order valence-corrected chi connectivity index (χ2v) is 16.6.